The van der Waals surface area contributed by atoms with Gasteiger partial charge in [0.15, 0.2) is 5.82 Å². The van der Waals surface area contributed by atoms with Crippen molar-refractivity contribution in [1.29, 1.82) is 0 Å². The first-order valence-corrected chi connectivity index (χ1v) is 7.93. The number of aliphatic hydroxyl groups excluding tert-OH is 1. The second-order valence-electron chi connectivity index (χ2n) is 4.09. The van der Waals surface area contributed by atoms with E-state index in [-0.39, 0.29) is 5.28 Å². The SMILES string of the molecule is CC.CO.Nc1cnc(Cl)nc1N(N)c1ccc(OCCC=O)cc1. The fourth-order valence-corrected chi connectivity index (χ4v) is 1.73. The van der Waals surface area contributed by atoms with E-state index in [1.54, 1.807) is 24.3 Å². The molecule has 0 unspecified atom stereocenters. The highest BCUT2D eigenvalue weighted by atomic mass is 35.5. The van der Waals surface area contributed by atoms with Crippen LogP contribution in [0.15, 0.2) is 30.5 Å². The maximum Gasteiger partial charge on any atom is 0.224 e. The molecule has 25 heavy (non-hydrogen) atoms. The molecule has 0 spiro atoms. The molecule has 5 N–H and O–H groups in total. The molecule has 0 saturated carbocycles. The van der Waals surface area contributed by atoms with E-state index in [0.717, 1.165) is 13.4 Å². The summed E-state index contributed by atoms with van der Waals surface area (Å²) in [5.41, 5.74) is 6.74. The summed E-state index contributed by atoms with van der Waals surface area (Å²) in [6, 6.07) is 6.95. The van der Waals surface area contributed by atoms with Crippen LogP contribution in [-0.4, -0.2) is 35.1 Å². The number of anilines is 3. The van der Waals surface area contributed by atoms with E-state index in [9.17, 15) is 4.79 Å². The predicted octanol–water partition coefficient (Wildman–Crippen LogP) is 2.33. The maximum absolute atomic E-state index is 10.2. The summed E-state index contributed by atoms with van der Waals surface area (Å²) in [5, 5.41) is 8.36. The van der Waals surface area contributed by atoms with E-state index in [2.05, 4.69) is 9.97 Å². The molecule has 0 atom stereocenters. The lowest BCUT2D eigenvalue weighted by molar-refractivity contribution is -0.108. The average molecular weight is 370 g/mol. The van der Waals surface area contributed by atoms with Gasteiger partial charge in [0.05, 0.1) is 24.2 Å². The van der Waals surface area contributed by atoms with Crippen molar-refractivity contribution in [2.75, 3.05) is 24.5 Å². The molecule has 0 saturated heterocycles. The number of nitrogens with two attached hydrogens (primary N) is 2. The van der Waals surface area contributed by atoms with Crippen LogP contribution in [0.3, 0.4) is 0 Å². The van der Waals surface area contributed by atoms with Crippen molar-refractivity contribution in [1.82, 2.24) is 9.97 Å². The Bertz CT molecular complexity index is 626. The number of ether oxygens (including phenoxy) is 1. The number of halogens is 1. The third-order valence-corrected chi connectivity index (χ3v) is 2.80. The van der Waals surface area contributed by atoms with Gasteiger partial charge in [-0.2, -0.15) is 4.98 Å². The number of hydrogen-bond acceptors (Lipinski definition) is 8. The lowest BCUT2D eigenvalue weighted by atomic mass is 10.3. The van der Waals surface area contributed by atoms with Crippen molar-refractivity contribution in [3.05, 3.63) is 35.7 Å². The molecule has 0 radical (unpaired) electrons. The zero-order valence-corrected chi connectivity index (χ0v) is 15.3. The van der Waals surface area contributed by atoms with Crippen LogP contribution in [0.1, 0.15) is 20.3 Å². The highest BCUT2D eigenvalue weighted by Gasteiger charge is 2.11. The predicted molar refractivity (Wildman–Crippen MR) is 99.9 cm³/mol. The molecular weight excluding hydrogens is 346 g/mol. The number of carbonyl (C=O) groups excluding carboxylic acids is 1. The van der Waals surface area contributed by atoms with Gasteiger partial charge >= 0.3 is 0 Å². The van der Waals surface area contributed by atoms with Crippen LogP contribution in [0.5, 0.6) is 5.75 Å². The molecule has 0 aliphatic rings. The molecule has 1 aromatic heterocycles. The summed E-state index contributed by atoms with van der Waals surface area (Å²) in [5.74, 6) is 6.93. The molecule has 1 heterocycles. The zero-order chi connectivity index (χ0) is 19.2. The summed E-state index contributed by atoms with van der Waals surface area (Å²) in [7, 11) is 1.00. The van der Waals surface area contributed by atoms with Gasteiger partial charge in [0.1, 0.15) is 12.0 Å². The molecule has 0 bridgehead atoms. The first-order valence-electron chi connectivity index (χ1n) is 7.56. The van der Waals surface area contributed by atoms with Gasteiger partial charge in [-0.15, -0.1) is 0 Å². The molecule has 2 rings (SSSR count). The molecule has 0 aliphatic carbocycles. The van der Waals surface area contributed by atoms with Crippen LogP contribution in [0.2, 0.25) is 5.28 Å². The first-order chi connectivity index (χ1) is 12.1. The Hall–Kier alpha value is -2.42. The first kappa shape index (κ1) is 22.6. The van der Waals surface area contributed by atoms with E-state index >= 15 is 0 Å². The molecule has 8 nitrogen and oxygen atoms in total. The van der Waals surface area contributed by atoms with Gasteiger partial charge in [0, 0.05) is 13.5 Å². The minimum atomic E-state index is 0.0588. The highest BCUT2D eigenvalue weighted by Crippen LogP contribution is 2.27. The second kappa shape index (κ2) is 12.9. The summed E-state index contributed by atoms with van der Waals surface area (Å²) >= 11 is 5.74. The van der Waals surface area contributed by atoms with Gasteiger partial charge in [-0.25, -0.2) is 10.8 Å². The van der Waals surface area contributed by atoms with Crippen molar-refractivity contribution >= 4 is 35.1 Å². The second-order valence-corrected chi connectivity index (χ2v) is 4.42. The number of nitrogen functional groups attached to an aromatic ring is 1. The summed E-state index contributed by atoms with van der Waals surface area (Å²) in [6.07, 6.45) is 2.54. The largest absolute Gasteiger partial charge is 0.493 e. The van der Waals surface area contributed by atoms with Gasteiger partial charge in [-0.3, -0.25) is 5.01 Å². The molecule has 9 heteroatoms. The van der Waals surface area contributed by atoms with Gasteiger partial charge in [-0.05, 0) is 35.9 Å². The van der Waals surface area contributed by atoms with Gasteiger partial charge < -0.3 is 20.4 Å². The van der Waals surface area contributed by atoms with Crippen LogP contribution >= 0.6 is 11.6 Å². The van der Waals surface area contributed by atoms with E-state index < -0.39 is 0 Å². The Kier molecular flexibility index (Phi) is 11.7. The van der Waals surface area contributed by atoms with Gasteiger partial charge in [0.2, 0.25) is 5.28 Å². The Balaban J connectivity index is 0.00000134. The van der Waals surface area contributed by atoms with Gasteiger partial charge in [-0.1, -0.05) is 13.8 Å². The summed E-state index contributed by atoms with van der Waals surface area (Å²) in [4.78, 5) is 18.0. The number of aldehydes is 1. The smallest absolute Gasteiger partial charge is 0.224 e. The summed E-state index contributed by atoms with van der Waals surface area (Å²) < 4.78 is 5.37. The molecule has 0 fully saturated rings. The molecule has 138 valence electrons. The van der Waals surface area contributed by atoms with E-state index in [0.29, 0.717) is 36.0 Å². The van der Waals surface area contributed by atoms with Crippen molar-refractivity contribution in [3.63, 3.8) is 0 Å². The fourth-order valence-electron chi connectivity index (χ4n) is 1.60. The topological polar surface area (TPSA) is 128 Å². The number of carbonyl (C=O) groups is 1. The van der Waals surface area contributed by atoms with Crippen LogP contribution in [0.4, 0.5) is 17.2 Å². The van der Waals surface area contributed by atoms with Crippen LogP contribution in [-0.2, 0) is 4.79 Å². The lowest BCUT2D eigenvalue weighted by Gasteiger charge is -2.19. The Morgan fingerprint density at radius 2 is 1.88 bits per heavy atom. The number of hydrogen-bond donors (Lipinski definition) is 3. The van der Waals surface area contributed by atoms with Crippen LogP contribution in [0, 0.1) is 0 Å². The number of benzene rings is 1. The molecule has 2 aromatic rings. The average Bonchev–Trinajstić information content (AvgIpc) is 2.67. The number of nitrogens with zero attached hydrogens (tertiary/aromatic N) is 3. The van der Waals surface area contributed by atoms with Gasteiger partial charge in [0.25, 0.3) is 0 Å². The Labute approximate surface area is 152 Å². The van der Waals surface area contributed by atoms with Crippen LogP contribution in [0.25, 0.3) is 0 Å². The molecular formula is C16H24ClN5O3. The van der Waals surface area contributed by atoms with Crippen molar-refractivity contribution in [2.45, 2.75) is 20.3 Å². The lowest BCUT2D eigenvalue weighted by Crippen LogP contribution is -2.27. The van der Waals surface area contributed by atoms with Crippen molar-refractivity contribution in [2.24, 2.45) is 5.84 Å². The molecule has 0 amide bonds. The highest BCUT2D eigenvalue weighted by molar-refractivity contribution is 6.28. The fraction of sp³-hybridized carbons (Fsp3) is 0.312. The van der Waals surface area contributed by atoms with Crippen molar-refractivity contribution < 1.29 is 14.6 Å². The number of aromatic nitrogens is 2. The van der Waals surface area contributed by atoms with E-state index in [1.807, 2.05) is 13.8 Å². The standard InChI is InChI=1S/C13H14ClN5O2.C2H6.CH4O/c14-13-17-8-11(15)12(18-13)19(16)9-2-4-10(5-3-9)21-7-1-6-20;2*1-2/h2-6,8H,1,7,15-16H2;1-2H3;2H,1H3. The quantitative estimate of drug-likeness (QED) is 0.233. The normalized spacial score (nSPS) is 9.04. The minimum absolute atomic E-state index is 0.0588. The Morgan fingerprint density at radius 3 is 2.44 bits per heavy atom. The maximum atomic E-state index is 10.2. The monoisotopic (exact) mass is 369 g/mol. The zero-order valence-electron chi connectivity index (χ0n) is 14.5. The third-order valence-electron chi connectivity index (χ3n) is 2.61. The Morgan fingerprint density at radius 1 is 1.28 bits per heavy atom. The number of hydrazine groups is 1. The molecule has 1 aromatic carbocycles. The van der Waals surface area contributed by atoms with E-state index in [1.165, 1.54) is 11.2 Å². The number of aliphatic hydroxyl groups is 1. The van der Waals surface area contributed by atoms with Crippen LogP contribution < -0.4 is 21.3 Å². The number of rotatable bonds is 6. The molecule has 0 aliphatic heterocycles. The van der Waals surface area contributed by atoms with E-state index in [4.69, 9.17) is 33.0 Å². The minimum Gasteiger partial charge on any atom is -0.493 e. The van der Waals surface area contributed by atoms with Crippen molar-refractivity contribution in [3.8, 4) is 5.75 Å². The summed E-state index contributed by atoms with van der Waals surface area (Å²) in [6.45, 7) is 4.34. The third kappa shape index (κ3) is 7.34.